The lowest BCUT2D eigenvalue weighted by atomic mass is 10.0. The Morgan fingerprint density at radius 3 is 2.67 bits per heavy atom. The van der Waals surface area contributed by atoms with Crippen LogP contribution in [-0.2, 0) is 6.18 Å². The van der Waals surface area contributed by atoms with Crippen molar-refractivity contribution in [3.8, 4) is 17.3 Å². The monoisotopic (exact) mass is 288 g/mol. The number of hydrogen-bond acceptors (Lipinski definition) is 3. The van der Waals surface area contributed by atoms with Gasteiger partial charge in [0.1, 0.15) is 6.33 Å². The number of halogens is 3. The van der Waals surface area contributed by atoms with Gasteiger partial charge < -0.3 is 0 Å². The van der Waals surface area contributed by atoms with Gasteiger partial charge in [0.25, 0.3) is 0 Å². The summed E-state index contributed by atoms with van der Waals surface area (Å²) in [6, 6.07) is 9.96. The van der Waals surface area contributed by atoms with Crippen molar-refractivity contribution in [3.63, 3.8) is 0 Å². The predicted octanol–water partition coefficient (Wildman–Crippen LogP) is 3.29. The molecule has 4 nitrogen and oxygen atoms in total. The molecule has 21 heavy (non-hydrogen) atoms. The minimum absolute atomic E-state index is 0.0439. The molecule has 0 amide bonds. The Bertz CT molecular complexity index is 859. The first kappa shape index (κ1) is 13.1. The molecule has 0 unspecified atom stereocenters. The van der Waals surface area contributed by atoms with Crippen LogP contribution in [0.4, 0.5) is 13.2 Å². The van der Waals surface area contributed by atoms with Crippen LogP contribution in [-0.4, -0.2) is 14.6 Å². The Kier molecular flexibility index (Phi) is 2.87. The maximum absolute atomic E-state index is 13.2. The molecule has 1 aromatic carbocycles. The molecule has 104 valence electrons. The van der Waals surface area contributed by atoms with E-state index in [1.165, 1.54) is 29.0 Å². The maximum Gasteiger partial charge on any atom is 0.417 e. The molecule has 2 heterocycles. The Morgan fingerprint density at radius 1 is 1.14 bits per heavy atom. The molecular weight excluding hydrogens is 281 g/mol. The van der Waals surface area contributed by atoms with Crippen molar-refractivity contribution in [2.45, 2.75) is 6.18 Å². The van der Waals surface area contributed by atoms with Gasteiger partial charge in [-0.2, -0.15) is 23.5 Å². The summed E-state index contributed by atoms with van der Waals surface area (Å²) in [5, 5.41) is 12.7. The largest absolute Gasteiger partial charge is 0.417 e. The Morgan fingerprint density at radius 2 is 1.95 bits per heavy atom. The zero-order valence-electron chi connectivity index (χ0n) is 10.5. The summed E-state index contributed by atoms with van der Waals surface area (Å²) in [4.78, 5) is 3.95. The van der Waals surface area contributed by atoms with E-state index in [0.717, 1.165) is 6.07 Å². The number of aromatic nitrogens is 3. The van der Waals surface area contributed by atoms with Gasteiger partial charge in [0.2, 0.25) is 0 Å². The lowest BCUT2D eigenvalue weighted by molar-refractivity contribution is -0.137. The molecule has 0 aliphatic rings. The topological polar surface area (TPSA) is 54.0 Å². The van der Waals surface area contributed by atoms with Gasteiger partial charge in [0.05, 0.1) is 22.9 Å². The Labute approximate surface area is 117 Å². The summed E-state index contributed by atoms with van der Waals surface area (Å²) in [6.45, 7) is 0. The summed E-state index contributed by atoms with van der Waals surface area (Å²) >= 11 is 0. The molecule has 0 fully saturated rings. The highest BCUT2D eigenvalue weighted by molar-refractivity contribution is 5.68. The normalized spacial score (nSPS) is 11.5. The second-order valence-corrected chi connectivity index (χ2v) is 4.31. The summed E-state index contributed by atoms with van der Waals surface area (Å²) in [6.07, 6.45) is -3.29. The number of pyridine rings is 1. The molecule has 7 heteroatoms. The third-order valence-corrected chi connectivity index (χ3v) is 3.03. The van der Waals surface area contributed by atoms with Crippen LogP contribution in [0.3, 0.4) is 0 Å². The standard InChI is InChI=1S/C14H7F3N4/c15-14(16,17)11-6-9(7-18)4-5-10(11)12-2-1-3-13-19-8-20-21(12)13/h1-6,8H. The van der Waals surface area contributed by atoms with E-state index < -0.39 is 11.7 Å². The highest BCUT2D eigenvalue weighted by Gasteiger charge is 2.34. The third-order valence-electron chi connectivity index (χ3n) is 3.03. The Balaban J connectivity index is 2.32. The van der Waals surface area contributed by atoms with Crippen LogP contribution < -0.4 is 0 Å². The smallest absolute Gasteiger partial charge is 0.215 e. The summed E-state index contributed by atoms with van der Waals surface area (Å²) in [5.74, 6) is 0. The molecule has 3 rings (SSSR count). The van der Waals surface area contributed by atoms with Gasteiger partial charge in [-0.05, 0) is 24.3 Å². The van der Waals surface area contributed by atoms with Gasteiger partial charge in [-0.25, -0.2) is 9.50 Å². The minimum Gasteiger partial charge on any atom is -0.215 e. The van der Waals surface area contributed by atoms with E-state index in [9.17, 15) is 13.2 Å². The van der Waals surface area contributed by atoms with Crippen LogP contribution in [0, 0.1) is 11.3 Å². The van der Waals surface area contributed by atoms with Gasteiger partial charge in [0, 0.05) is 5.56 Å². The fourth-order valence-electron chi connectivity index (χ4n) is 2.12. The fourth-order valence-corrected chi connectivity index (χ4v) is 2.12. The second kappa shape index (κ2) is 4.59. The molecule has 0 spiro atoms. The number of alkyl halides is 3. The van der Waals surface area contributed by atoms with Crippen molar-refractivity contribution in [3.05, 3.63) is 53.9 Å². The molecule has 0 bridgehead atoms. The lowest BCUT2D eigenvalue weighted by Crippen LogP contribution is -2.09. The van der Waals surface area contributed by atoms with E-state index in [4.69, 9.17) is 5.26 Å². The number of nitriles is 1. The molecule has 0 N–H and O–H groups in total. The average Bonchev–Trinajstić information content (AvgIpc) is 2.94. The highest BCUT2D eigenvalue weighted by atomic mass is 19.4. The number of benzene rings is 1. The predicted molar refractivity (Wildman–Crippen MR) is 68.1 cm³/mol. The van der Waals surface area contributed by atoms with E-state index >= 15 is 0 Å². The van der Waals surface area contributed by atoms with Crippen LogP contribution in [0.2, 0.25) is 0 Å². The SMILES string of the molecule is N#Cc1ccc(-c2cccc3ncnn23)c(C(F)(F)F)c1. The van der Waals surface area contributed by atoms with E-state index in [1.807, 2.05) is 0 Å². The third kappa shape index (κ3) is 2.21. The first-order valence-electron chi connectivity index (χ1n) is 5.91. The quantitative estimate of drug-likeness (QED) is 0.690. The second-order valence-electron chi connectivity index (χ2n) is 4.31. The van der Waals surface area contributed by atoms with E-state index in [0.29, 0.717) is 5.65 Å². The van der Waals surface area contributed by atoms with Crippen LogP contribution in [0.25, 0.3) is 16.9 Å². The maximum atomic E-state index is 13.2. The molecule has 2 aromatic heterocycles. The number of nitrogens with zero attached hydrogens (tertiary/aromatic N) is 4. The van der Waals surface area contributed by atoms with Crippen molar-refractivity contribution in [2.75, 3.05) is 0 Å². The lowest BCUT2D eigenvalue weighted by Gasteiger charge is -2.14. The van der Waals surface area contributed by atoms with Gasteiger partial charge >= 0.3 is 6.18 Å². The van der Waals surface area contributed by atoms with Crippen LogP contribution in [0.5, 0.6) is 0 Å². The van der Waals surface area contributed by atoms with E-state index in [1.54, 1.807) is 18.2 Å². The van der Waals surface area contributed by atoms with Crippen molar-refractivity contribution in [1.82, 2.24) is 14.6 Å². The van der Waals surface area contributed by atoms with Gasteiger partial charge in [0.15, 0.2) is 5.65 Å². The first-order chi connectivity index (χ1) is 10.0. The molecule has 3 aromatic rings. The summed E-state index contributed by atoms with van der Waals surface area (Å²) < 4.78 is 41.0. The van der Waals surface area contributed by atoms with Crippen molar-refractivity contribution < 1.29 is 13.2 Å². The van der Waals surface area contributed by atoms with Crippen molar-refractivity contribution in [1.29, 1.82) is 5.26 Å². The molecular formula is C14H7F3N4. The molecule has 0 saturated heterocycles. The first-order valence-corrected chi connectivity index (χ1v) is 5.91. The zero-order valence-corrected chi connectivity index (χ0v) is 10.5. The van der Waals surface area contributed by atoms with E-state index in [-0.39, 0.29) is 16.8 Å². The average molecular weight is 288 g/mol. The molecule has 0 aliphatic carbocycles. The number of hydrogen-bond donors (Lipinski definition) is 0. The van der Waals surface area contributed by atoms with Gasteiger partial charge in [-0.15, -0.1) is 0 Å². The number of fused-ring (bicyclic) bond motifs is 1. The molecule has 0 radical (unpaired) electrons. The minimum atomic E-state index is -4.56. The van der Waals surface area contributed by atoms with Gasteiger partial charge in [-0.1, -0.05) is 12.1 Å². The molecule has 0 atom stereocenters. The summed E-state index contributed by atoms with van der Waals surface area (Å²) in [7, 11) is 0. The molecule has 0 saturated carbocycles. The van der Waals surface area contributed by atoms with Crippen LogP contribution >= 0.6 is 0 Å². The number of rotatable bonds is 1. The highest BCUT2D eigenvalue weighted by Crippen LogP contribution is 2.37. The van der Waals surface area contributed by atoms with Crippen LogP contribution in [0.1, 0.15) is 11.1 Å². The molecule has 0 aliphatic heterocycles. The van der Waals surface area contributed by atoms with Gasteiger partial charge in [-0.3, -0.25) is 0 Å². The Hall–Kier alpha value is -2.88. The van der Waals surface area contributed by atoms with Crippen molar-refractivity contribution in [2.24, 2.45) is 0 Å². The fraction of sp³-hybridized carbons (Fsp3) is 0.0714. The van der Waals surface area contributed by atoms with E-state index in [2.05, 4.69) is 10.1 Å². The van der Waals surface area contributed by atoms with Crippen molar-refractivity contribution >= 4 is 5.65 Å². The summed E-state index contributed by atoms with van der Waals surface area (Å²) in [5.41, 5.74) is -0.245. The van der Waals surface area contributed by atoms with Crippen LogP contribution in [0.15, 0.2) is 42.7 Å². The zero-order chi connectivity index (χ0) is 15.0.